The average molecular weight is 216 g/mol. The summed E-state index contributed by atoms with van der Waals surface area (Å²) in [5.41, 5.74) is 2.42. The summed E-state index contributed by atoms with van der Waals surface area (Å²) in [7, 11) is 1.55. The molecule has 84 valence electrons. The van der Waals surface area contributed by atoms with E-state index >= 15 is 0 Å². The van der Waals surface area contributed by atoms with Crippen LogP contribution in [0.2, 0.25) is 0 Å². The summed E-state index contributed by atoms with van der Waals surface area (Å²) >= 11 is 0. The molecule has 0 heterocycles. The molecule has 0 bridgehead atoms. The third-order valence-corrected chi connectivity index (χ3v) is 2.31. The van der Waals surface area contributed by atoms with Gasteiger partial charge in [0.1, 0.15) is 0 Å². The Balaban J connectivity index is 3.14. The zero-order valence-corrected chi connectivity index (χ0v) is 9.91. The maximum absolute atomic E-state index is 11.9. The predicted octanol–water partition coefficient (Wildman–Crippen LogP) is 3.45. The van der Waals surface area contributed by atoms with Gasteiger partial charge in [0.05, 0.1) is 12.9 Å². The lowest BCUT2D eigenvalue weighted by Gasteiger charge is -2.06. The predicted molar refractivity (Wildman–Crippen MR) is 66.2 cm³/mol. The van der Waals surface area contributed by atoms with Crippen LogP contribution in [-0.2, 0) is 4.74 Å². The summed E-state index contributed by atoms with van der Waals surface area (Å²) in [4.78, 5) is 11.9. The Morgan fingerprint density at radius 1 is 1.25 bits per heavy atom. The lowest BCUT2D eigenvalue weighted by Crippen LogP contribution is -2.00. The number of carbonyl (C=O) groups is 1. The molecule has 0 aliphatic rings. The lowest BCUT2D eigenvalue weighted by atomic mass is 9.98. The Morgan fingerprint density at radius 2 is 1.81 bits per heavy atom. The van der Waals surface area contributed by atoms with Crippen molar-refractivity contribution in [2.24, 2.45) is 0 Å². The smallest absolute Gasteiger partial charge is 0.189 e. The molecule has 0 saturated carbocycles. The summed E-state index contributed by atoms with van der Waals surface area (Å²) < 4.78 is 4.96. The van der Waals surface area contributed by atoms with Gasteiger partial charge in [0.2, 0.25) is 0 Å². The number of hydrogen-bond donors (Lipinski definition) is 0. The summed E-state index contributed by atoms with van der Waals surface area (Å²) in [5.74, 6) is 0.541. The van der Waals surface area contributed by atoms with E-state index < -0.39 is 0 Å². The maximum Gasteiger partial charge on any atom is 0.189 e. The molecule has 0 N–H and O–H groups in total. The first-order chi connectivity index (χ1) is 7.56. The van der Waals surface area contributed by atoms with Gasteiger partial charge in [-0.05, 0) is 19.4 Å². The third kappa shape index (κ3) is 2.83. The van der Waals surface area contributed by atoms with Crippen molar-refractivity contribution in [3.63, 3.8) is 0 Å². The second-order valence-corrected chi connectivity index (χ2v) is 3.65. The Morgan fingerprint density at radius 3 is 2.31 bits per heavy atom. The van der Waals surface area contributed by atoms with Crippen molar-refractivity contribution in [3.8, 4) is 0 Å². The molecule has 0 saturated heterocycles. The summed E-state index contributed by atoms with van der Waals surface area (Å²) in [6.45, 7) is 7.50. The van der Waals surface area contributed by atoms with E-state index in [1.807, 2.05) is 25.1 Å². The first-order valence-electron chi connectivity index (χ1n) is 5.07. The van der Waals surface area contributed by atoms with Crippen LogP contribution in [0.5, 0.6) is 0 Å². The molecule has 0 unspecified atom stereocenters. The molecular formula is C14H16O2. The minimum atomic E-state index is -0.0575. The monoisotopic (exact) mass is 216 g/mol. The normalized spacial score (nSPS) is 11.1. The number of rotatable bonds is 4. The van der Waals surface area contributed by atoms with E-state index in [2.05, 4.69) is 6.58 Å². The van der Waals surface area contributed by atoms with E-state index in [4.69, 9.17) is 4.74 Å². The van der Waals surface area contributed by atoms with Crippen molar-refractivity contribution in [3.05, 3.63) is 53.8 Å². The summed E-state index contributed by atoms with van der Waals surface area (Å²) in [6.07, 6.45) is 1.49. The molecule has 1 aromatic rings. The highest BCUT2D eigenvalue weighted by Crippen LogP contribution is 2.18. The maximum atomic E-state index is 11.9. The van der Waals surface area contributed by atoms with Crippen molar-refractivity contribution in [1.82, 2.24) is 0 Å². The fraction of sp³-hybridized carbons (Fsp3) is 0.214. The standard InChI is InChI=1S/C14H16O2/c1-10(2)12-7-5-6-8-13(12)14(15)9-11(3)16-4/h5-9H,1H2,2-4H3/b11-9+. The molecule has 0 spiro atoms. The van der Waals surface area contributed by atoms with Crippen LogP contribution in [0.15, 0.2) is 42.7 Å². The zero-order valence-electron chi connectivity index (χ0n) is 9.91. The van der Waals surface area contributed by atoms with E-state index in [9.17, 15) is 4.79 Å². The first-order valence-corrected chi connectivity index (χ1v) is 5.07. The molecule has 0 aromatic heterocycles. The Kier molecular flexibility index (Phi) is 4.06. The molecule has 0 atom stereocenters. The van der Waals surface area contributed by atoms with E-state index in [1.54, 1.807) is 20.1 Å². The highest BCUT2D eigenvalue weighted by atomic mass is 16.5. The Bertz CT molecular complexity index is 442. The van der Waals surface area contributed by atoms with Crippen molar-refractivity contribution in [2.45, 2.75) is 13.8 Å². The number of benzene rings is 1. The van der Waals surface area contributed by atoms with Crippen LogP contribution < -0.4 is 0 Å². The fourth-order valence-electron chi connectivity index (χ4n) is 1.39. The minimum Gasteiger partial charge on any atom is -0.501 e. The number of ketones is 1. The molecule has 1 rings (SSSR count). The van der Waals surface area contributed by atoms with Gasteiger partial charge in [0, 0.05) is 11.6 Å². The largest absolute Gasteiger partial charge is 0.501 e. The van der Waals surface area contributed by atoms with E-state index in [0.29, 0.717) is 11.3 Å². The topological polar surface area (TPSA) is 26.3 Å². The number of carbonyl (C=O) groups excluding carboxylic acids is 1. The molecular weight excluding hydrogens is 200 g/mol. The van der Waals surface area contributed by atoms with Crippen molar-refractivity contribution >= 4 is 11.4 Å². The number of allylic oxidation sites excluding steroid dienone is 3. The number of hydrogen-bond acceptors (Lipinski definition) is 2. The van der Waals surface area contributed by atoms with Crippen molar-refractivity contribution < 1.29 is 9.53 Å². The molecule has 2 nitrogen and oxygen atoms in total. The second-order valence-electron chi connectivity index (χ2n) is 3.65. The van der Waals surface area contributed by atoms with Crippen LogP contribution in [0.3, 0.4) is 0 Å². The van der Waals surface area contributed by atoms with Gasteiger partial charge < -0.3 is 4.74 Å². The average Bonchev–Trinajstić information content (AvgIpc) is 2.28. The van der Waals surface area contributed by atoms with Crippen molar-refractivity contribution in [2.75, 3.05) is 7.11 Å². The number of methoxy groups -OCH3 is 1. The third-order valence-electron chi connectivity index (χ3n) is 2.31. The van der Waals surface area contributed by atoms with Gasteiger partial charge in [-0.15, -0.1) is 0 Å². The van der Waals surface area contributed by atoms with Gasteiger partial charge in [-0.2, -0.15) is 0 Å². The summed E-state index contributed by atoms with van der Waals surface area (Å²) in [6, 6.07) is 7.43. The molecule has 16 heavy (non-hydrogen) atoms. The minimum absolute atomic E-state index is 0.0575. The van der Waals surface area contributed by atoms with Gasteiger partial charge in [0.25, 0.3) is 0 Å². The lowest BCUT2D eigenvalue weighted by molar-refractivity contribution is 0.104. The molecule has 0 aliphatic heterocycles. The molecule has 0 amide bonds. The van der Waals surface area contributed by atoms with E-state index in [0.717, 1.165) is 11.1 Å². The summed E-state index contributed by atoms with van der Waals surface area (Å²) in [5, 5.41) is 0. The van der Waals surface area contributed by atoms with Crippen LogP contribution in [0, 0.1) is 0 Å². The van der Waals surface area contributed by atoms with Gasteiger partial charge in [-0.25, -0.2) is 0 Å². The molecule has 0 fully saturated rings. The highest BCUT2D eigenvalue weighted by molar-refractivity contribution is 6.07. The Hall–Kier alpha value is -1.83. The molecule has 2 heteroatoms. The van der Waals surface area contributed by atoms with E-state index in [1.165, 1.54) is 6.08 Å². The first kappa shape index (κ1) is 12.2. The van der Waals surface area contributed by atoms with E-state index in [-0.39, 0.29) is 5.78 Å². The quantitative estimate of drug-likeness (QED) is 0.437. The van der Waals surface area contributed by atoms with Crippen LogP contribution in [0.1, 0.15) is 29.8 Å². The SMILES string of the molecule is C=C(C)c1ccccc1C(=O)/C=C(\C)OC. The van der Waals surface area contributed by atoms with Crippen LogP contribution in [0.4, 0.5) is 0 Å². The number of ether oxygens (including phenoxy) is 1. The Labute approximate surface area is 96.2 Å². The van der Waals surface area contributed by atoms with Gasteiger partial charge in [0.15, 0.2) is 5.78 Å². The van der Waals surface area contributed by atoms with Crippen molar-refractivity contribution in [1.29, 1.82) is 0 Å². The van der Waals surface area contributed by atoms with Gasteiger partial charge in [-0.1, -0.05) is 36.4 Å². The highest BCUT2D eigenvalue weighted by Gasteiger charge is 2.09. The second kappa shape index (κ2) is 5.31. The molecule has 0 radical (unpaired) electrons. The molecule has 0 aliphatic carbocycles. The zero-order chi connectivity index (χ0) is 12.1. The van der Waals surface area contributed by atoms with Gasteiger partial charge >= 0.3 is 0 Å². The van der Waals surface area contributed by atoms with Crippen LogP contribution in [-0.4, -0.2) is 12.9 Å². The van der Waals surface area contributed by atoms with Crippen LogP contribution >= 0.6 is 0 Å². The molecule has 1 aromatic carbocycles. The van der Waals surface area contributed by atoms with Crippen LogP contribution in [0.25, 0.3) is 5.57 Å². The fourth-order valence-corrected chi connectivity index (χ4v) is 1.39. The van der Waals surface area contributed by atoms with Gasteiger partial charge in [-0.3, -0.25) is 4.79 Å².